The van der Waals surface area contributed by atoms with Crippen molar-refractivity contribution in [3.63, 3.8) is 0 Å². The second kappa shape index (κ2) is 7.11. The van der Waals surface area contributed by atoms with Crippen LogP contribution in [-0.2, 0) is 19.6 Å². The maximum absolute atomic E-state index is 12.8. The summed E-state index contributed by atoms with van der Waals surface area (Å²) in [5.41, 5.74) is 6.06. The van der Waals surface area contributed by atoms with Crippen LogP contribution in [0.25, 0.3) is 0 Å². The molecule has 28 heavy (non-hydrogen) atoms. The average Bonchev–Trinajstić information content (AvgIpc) is 3.45. The Labute approximate surface area is 167 Å². The normalized spacial score (nSPS) is 28.7. The average molecular weight is 424 g/mol. The van der Waals surface area contributed by atoms with Gasteiger partial charge in [-0.05, 0) is 30.7 Å². The summed E-state index contributed by atoms with van der Waals surface area (Å²) in [5.74, 6) is -0.640. The van der Waals surface area contributed by atoms with E-state index in [9.17, 15) is 18.0 Å². The fourth-order valence-corrected chi connectivity index (χ4v) is 6.96. The molecule has 150 valence electrons. The highest BCUT2D eigenvalue weighted by molar-refractivity contribution is 7.89. The van der Waals surface area contributed by atoms with Gasteiger partial charge in [0.15, 0.2) is 0 Å². The van der Waals surface area contributed by atoms with E-state index in [2.05, 4.69) is 6.07 Å². The lowest BCUT2D eigenvalue weighted by molar-refractivity contribution is -0.137. The number of hydrogen-bond acceptors (Lipinski definition) is 7. The predicted molar refractivity (Wildman–Crippen MR) is 100 cm³/mol. The Hall–Kier alpha value is -2.00. The summed E-state index contributed by atoms with van der Waals surface area (Å²) >= 11 is 1.29. The van der Waals surface area contributed by atoms with Crippen LogP contribution in [0.15, 0.2) is 21.7 Å². The molecule has 1 aromatic heterocycles. The lowest BCUT2D eigenvalue weighted by Gasteiger charge is -2.35. The summed E-state index contributed by atoms with van der Waals surface area (Å²) in [6, 6.07) is 1.24. The van der Waals surface area contributed by atoms with Crippen molar-refractivity contribution in [3.05, 3.63) is 16.8 Å². The zero-order valence-corrected chi connectivity index (χ0v) is 16.7. The van der Waals surface area contributed by atoms with Crippen molar-refractivity contribution in [2.45, 2.75) is 48.3 Å². The minimum Gasteiger partial charge on any atom is -0.335 e. The fourth-order valence-electron chi connectivity index (χ4n) is 4.31. The van der Waals surface area contributed by atoms with Crippen molar-refractivity contribution in [3.8, 4) is 6.07 Å². The van der Waals surface area contributed by atoms with Crippen LogP contribution in [-0.4, -0.2) is 78.1 Å². The van der Waals surface area contributed by atoms with E-state index in [1.165, 1.54) is 31.5 Å². The number of hydrogen-bond donors (Lipinski definition) is 1. The molecule has 1 aromatic rings. The van der Waals surface area contributed by atoms with Crippen LogP contribution in [0.5, 0.6) is 0 Å². The van der Waals surface area contributed by atoms with E-state index in [1.54, 1.807) is 10.8 Å². The quantitative estimate of drug-likeness (QED) is 0.684. The molecule has 0 radical (unpaired) electrons. The molecule has 0 aliphatic carbocycles. The molecule has 2 amide bonds. The van der Waals surface area contributed by atoms with Gasteiger partial charge in [0.2, 0.25) is 21.8 Å². The maximum atomic E-state index is 12.8. The third-order valence-electron chi connectivity index (χ3n) is 5.74. The number of carbonyl (C=O) groups excluding carboxylic acids is 2. The van der Waals surface area contributed by atoms with Crippen LogP contribution < -0.4 is 5.73 Å². The van der Waals surface area contributed by atoms with Crippen LogP contribution in [0.1, 0.15) is 19.3 Å². The van der Waals surface area contributed by atoms with E-state index in [0.29, 0.717) is 19.4 Å². The van der Waals surface area contributed by atoms with E-state index in [-0.39, 0.29) is 35.8 Å². The van der Waals surface area contributed by atoms with Gasteiger partial charge in [0, 0.05) is 31.1 Å². The zero-order valence-electron chi connectivity index (χ0n) is 15.1. The van der Waals surface area contributed by atoms with Crippen molar-refractivity contribution in [1.29, 1.82) is 5.26 Å². The van der Waals surface area contributed by atoms with Crippen molar-refractivity contribution < 1.29 is 18.0 Å². The molecule has 4 rings (SSSR count). The van der Waals surface area contributed by atoms with E-state index >= 15 is 0 Å². The minimum atomic E-state index is -3.70. The largest absolute Gasteiger partial charge is 0.335 e. The Morgan fingerprint density at radius 1 is 1.46 bits per heavy atom. The molecule has 3 aliphatic rings. The Morgan fingerprint density at radius 3 is 2.89 bits per heavy atom. The predicted octanol–water partition coefficient (Wildman–Crippen LogP) is -0.436. The number of amides is 2. The molecule has 0 unspecified atom stereocenters. The first-order chi connectivity index (χ1) is 13.3. The second-order valence-corrected chi connectivity index (χ2v) is 10.0. The summed E-state index contributed by atoms with van der Waals surface area (Å²) in [7, 11) is -3.70. The van der Waals surface area contributed by atoms with Gasteiger partial charge in [0.25, 0.3) is 0 Å². The summed E-state index contributed by atoms with van der Waals surface area (Å²) in [4.78, 5) is 28.6. The van der Waals surface area contributed by atoms with Crippen LogP contribution in [0, 0.1) is 11.3 Å². The molecule has 3 saturated heterocycles. The lowest BCUT2D eigenvalue weighted by atomic mass is 10.2. The molecule has 0 saturated carbocycles. The molecule has 2 N–H and O–H groups in total. The van der Waals surface area contributed by atoms with Crippen molar-refractivity contribution in [2.75, 3.05) is 19.6 Å². The first kappa shape index (κ1) is 19.3. The van der Waals surface area contributed by atoms with Crippen molar-refractivity contribution in [1.82, 2.24) is 14.1 Å². The monoisotopic (exact) mass is 423 g/mol. The smallest absolute Gasteiger partial charge is 0.244 e. The number of nitrogens with zero attached hydrogens (tertiary/aromatic N) is 4. The molecule has 4 atom stereocenters. The Balaban J connectivity index is 1.43. The van der Waals surface area contributed by atoms with E-state index in [4.69, 9.17) is 11.0 Å². The summed E-state index contributed by atoms with van der Waals surface area (Å²) in [5, 5.41) is 12.4. The highest BCUT2D eigenvalue weighted by Crippen LogP contribution is 2.36. The summed E-state index contributed by atoms with van der Waals surface area (Å²) < 4.78 is 26.8. The standard InChI is InChI=1S/C17H21N5O4S2/c18-7-11-2-1-4-20(11)16(23)14(19)9-21-12-6-15(17(21)24)22(8-12)28(25,26)13-3-5-27-10-13/h3,5,10-12,14-15H,1-2,4,6,8-9,19H2/t11-,12+,14-,15+/m0/s1. The van der Waals surface area contributed by atoms with Crippen LogP contribution in [0.3, 0.4) is 0 Å². The van der Waals surface area contributed by atoms with E-state index < -0.39 is 28.1 Å². The molecule has 11 heteroatoms. The Kier molecular flexibility index (Phi) is 4.91. The van der Waals surface area contributed by atoms with Gasteiger partial charge in [-0.1, -0.05) is 0 Å². The number of sulfonamides is 1. The Morgan fingerprint density at radius 2 is 2.25 bits per heavy atom. The first-order valence-electron chi connectivity index (χ1n) is 9.15. The summed E-state index contributed by atoms with van der Waals surface area (Å²) in [6.07, 6.45) is 1.81. The second-order valence-electron chi connectivity index (χ2n) is 7.35. The van der Waals surface area contributed by atoms with Gasteiger partial charge in [-0.25, -0.2) is 8.42 Å². The van der Waals surface area contributed by atoms with E-state index in [1.807, 2.05) is 0 Å². The van der Waals surface area contributed by atoms with Crippen LogP contribution in [0.2, 0.25) is 0 Å². The zero-order chi connectivity index (χ0) is 20.1. The number of piperazine rings is 1. The maximum Gasteiger partial charge on any atom is 0.244 e. The SMILES string of the molecule is N#C[C@@H]1CCCN1C(=O)[C@@H](N)CN1C(=O)[C@H]2C[C@@H]1CN2S(=O)(=O)c1ccsc1. The van der Waals surface area contributed by atoms with Gasteiger partial charge in [0.05, 0.1) is 11.0 Å². The number of thiophene rings is 1. The third-order valence-corrected chi connectivity index (χ3v) is 8.44. The molecule has 3 aliphatic heterocycles. The van der Waals surface area contributed by atoms with Gasteiger partial charge in [0.1, 0.15) is 18.1 Å². The number of likely N-dealkylation sites (tertiary alicyclic amines) is 2. The van der Waals surface area contributed by atoms with Gasteiger partial charge < -0.3 is 15.5 Å². The molecule has 0 spiro atoms. The molecule has 4 heterocycles. The summed E-state index contributed by atoms with van der Waals surface area (Å²) in [6.45, 7) is 0.747. The molecule has 3 fully saturated rings. The Bertz CT molecular complexity index is 926. The number of carbonyl (C=O) groups is 2. The van der Waals surface area contributed by atoms with Crippen molar-refractivity contribution in [2.24, 2.45) is 5.73 Å². The fraction of sp³-hybridized carbons (Fsp3) is 0.588. The van der Waals surface area contributed by atoms with Crippen LogP contribution in [0.4, 0.5) is 0 Å². The van der Waals surface area contributed by atoms with Gasteiger partial charge in [-0.3, -0.25) is 9.59 Å². The number of nitrogens with two attached hydrogens (primary N) is 1. The highest BCUT2D eigenvalue weighted by atomic mass is 32.2. The topological polar surface area (TPSA) is 128 Å². The van der Waals surface area contributed by atoms with Gasteiger partial charge in [-0.15, -0.1) is 0 Å². The molecular formula is C17H21N5O4S2. The first-order valence-corrected chi connectivity index (χ1v) is 11.5. The molecule has 0 aromatic carbocycles. The van der Waals surface area contributed by atoms with Crippen LogP contribution >= 0.6 is 11.3 Å². The molecular weight excluding hydrogens is 402 g/mol. The number of rotatable bonds is 5. The lowest BCUT2D eigenvalue weighted by Crippen LogP contribution is -2.57. The van der Waals surface area contributed by atoms with Gasteiger partial charge in [-0.2, -0.15) is 20.9 Å². The number of nitriles is 1. The highest BCUT2D eigenvalue weighted by Gasteiger charge is 2.54. The minimum absolute atomic E-state index is 0.0415. The van der Waals surface area contributed by atoms with Crippen molar-refractivity contribution >= 4 is 33.2 Å². The van der Waals surface area contributed by atoms with Gasteiger partial charge >= 0.3 is 0 Å². The number of fused-ring (bicyclic) bond motifs is 2. The van der Waals surface area contributed by atoms with E-state index in [0.717, 1.165) is 6.42 Å². The molecule has 2 bridgehead atoms. The third kappa shape index (κ3) is 3.00. The molecule has 9 nitrogen and oxygen atoms in total.